The molecule has 2 N–H and O–H groups in total. The molecule has 0 unspecified atom stereocenters. The number of ether oxygens (including phenoxy) is 2. The number of nitrogens with one attached hydrogen (secondary N) is 2. The normalized spacial score (nSPS) is 9.97. The summed E-state index contributed by atoms with van der Waals surface area (Å²) in [6, 6.07) is 22.1. The first-order valence-electron chi connectivity index (χ1n) is 10.2. The fourth-order valence-electron chi connectivity index (χ4n) is 2.91. The minimum absolute atomic E-state index is 0. The van der Waals surface area contributed by atoms with Crippen LogP contribution in [0, 0.1) is 0 Å². The Morgan fingerprint density at radius 2 is 1.30 bits per heavy atom. The smallest absolute Gasteiger partial charge is 0.343 e. The molecule has 0 aromatic heterocycles. The fraction of sp³-hybridized carbons (Fsp3) is 0.160. The quantitative estimate of drug-likeness (QED) is 0.369. The van der Waals surface area contributed by atoms with E-state index in [1.807, 2.05) is 0 Å². The van der Waals surface area contributed by atoms with E-state index in [9.17, 15) is 14.4 Å². The van der Waals surface area contributed by atoms with Crippen LogP contribution < -0.4 is 20.1 Å². The topological polar surface area (TPSA) is 93.7 Å². The summed E-state index contributed by atoms with van der Waals surface area (Å²) in [7, 11) is 1.70. The number of rotatable bonds is 9. The van der Waals surface area contributed by atoms with Crippen LogP contribution in [0.2, 0.25) is 0 Å². The van der Waals surface area contributed by atoms with Crippen molar-refractivity contribution in [3.63, 3.8) is 0 Å². The van der Waals surface area contributed by atoms with Crippen LogP contribution in [-0.4, -0.2) is 38.0 Å². The number of esters is 2. The van der Waals surface area contributed by atoms with Gasteiger partial charge in [-0.05, 0) is 55.4 Å². The lowest BCUT2D eigenvalue weighted by atomic mass is 10.1. The molecule has 3 aromatic carbocycles. The first-order chi connectivity index (χ1) is 15.6. The Labute approximate surface area is 198 Å². The summed E-state index contributed by atoms with van der Waals surface area (Å²) in [5, 5.41) is 5.58. The lowest BCUT2D eigenvalue weighted by Gasteiger charge is -2.13. The standard InChI is InChI=1S/C25H24N2O5.ClH/c1-26-17-23(28)27-15-14-18-12-13-21(31-24(29)19-8-4-2-5-9-19)22(16-18)32-25(30)20-10-6-3-7-11-20;/h2-13,16,26H,14-15,17H2,1H3,(H,27,28);1H. The molecule has 0 saturated carbocycles. The summed E-state index contributed by atoms with van der Waals surface area (Å²) in [4.78, 5) is 36.7. The minimum Gasteiger partial charge on any atom is -0.419 e. The van der Waals surface area contributed by atoms with E-state index in [1.54, 1.807) is 85.9 Å². The van der Waals surface area contributed by atoms with Gasteiger partial charge in [-0.25, -0.2) is 9.59 Å². The molecule has 0 fully saturated rings. The third-order valence-corrected chi connectivity index (χ3v) is 4.51. The number of hydrogen-bond donors (Lipinski definition) is 2. The molecular weight excluding hydrogens is 444 g/mol. The van der Waals surface area contributed by atoms with E-state index < -0.39 is 11.9 Å². The Morgan fingerprint density at radius 3 is 1.85 bits per heavy atom. The predicted octanol–water partition coefficient (Wildman–Crippen LogP) is 3.42. The number of carbonyl (C=O) groups excluding carboxylic acids is 3. The van der Waals surface area contributed by atoms with Gasteiger partial charge in [0.2, 0.25) is 5.91 Å². The second kappa shape index (κ2) is 13.0. The molecule has 0 spiro atoms. The summed E-state index contributed by atoms with van der Waals surface area (Å²) >= 11 is 0. The van der Waals surface area contributed by atoms with Gasteiger partial charge < -0.3 is 20.1 Å². The summed E-state index contributed by atoms with van der Waals surface area (Å²) in [6.07, 6.45) is 0.512. The molecule has 3 rings (SSSR count). The highest BCUT2D eigenvalue weighted by molar-refractivity contribution is 5.93. The van der Waals surface area contributed by atoms with E-state index in [-0.39, 0.29) is 36.4 Å². The van der Waals surface area contributed by atoms with Gasteiger partial charge in [0.15, 0.2) is 11.5 Å². The molecule has 0 atom stereocenters. The second-order valence-electron chi connectivity index (χ2n) is 6.92. The second-order valence-corrected chi connectivity index (χ2v) is 6.92. The molecule has 0 aliphatic carbocycles. The Morgan fingerprint density at radius 1 is 0.758 bits per heavy atom. The summed E-state index contributed by atoms with van der Waals surface area (Å²) in [5.74, 6) is -0.985. The van der Waals surface area contributed by atoms with Crippen molar-refractivity contribution in [3.05, 3.63) is 95.6 Å². The molecule has 172 valence electrons. The number of carbonyl (C=O) groups is 3. The molecule has 0 radical (unpaired) electrons. The molecular formula is C25H25ClN2O5. The van der Waals surface area contributed by atoms with E-state index in [0.29, 0.717) is 24.1 Å². The van der Waals surface area contributed by atoms with E-state index >= 15 is 0 Å². The van der Waals surface area contributed by atoms with Crippen LogP contribution in [0.3, 0.4) is 0 Å². The third kappa shape index (κ3) is 7.75. The summed E-state index contributed by atoms with van der Waals surface area (Å²) in [5.41, 5.74) is 1.56. The van der Waals surface area contributed by atoms with Gasteiger partial charge in [0, 0.05) is 6.54 Å². The van der Waals surface area contributed by atoms with Crippen LogP contribution in [0.25, 0.3) is 0 Å². The Kier molecular flexibility index (Phi) is 10.1. The molecule has 0 bridgehead atoms. The highest BCUT2D eigenvalue weighted by Gasteiger charge is 2.17. The zero-order valence-electron chi connectivity index (χ0n) is 18.1. The third-order valence-electron chi connectivity index (χ3n) is 4.51. The zero-order chi connectivity index (χ0) is 22.8. The maximum atomic E-state index is 12.6. The van der Waals surface area contributed by atoms with E-state index in [0.717, 1.165) is 5.56 Å². The first kappa shape index (κ1) is 25.6. The largest absolute Gasteiger partial charge is 0.419 e. The Hall–Kier alpha value is -3.68. The van der Waals surface area contributed by atoms with E-state index in [1.165, 1.54) is 0 Å². The summed E-state index contributed by atoms with van der Waals surface area (Å²) < 4.78 is 11.1. The average molecular weight is 469 g/mol. The van der Waals surface area contributed by atoms with Crippen LogP contribution in [0.4, 0.5) is 0 Å². The number of likely N-dealkylation sites (N-methyl/N-ethyl adjacent to an activating group) is 1. The molecule has 8 heteroatoms. The van der Waals surface area contributed by atoms with Crippen molar-refractivity contribution in [2.75, 3.05) is 20.1 Å². The lowest BCUT2D eigenvalue weighted by Crippen LogP contribution is -2.33. The molecule has 1 amide bonds. The number of hydrogen-bond acceptors (Lipinski definition) is 6. The Balaban J connectivity index is 0.00000385. The van der Waals surface area contributed by atoms with Crippen molar-refractivity contribution in [3.8, 4) is 11.5 Å². The van der Waals surface area contributed by atoms with Gasteiger partial charge in [0.25, 0.3) is 0 Å². The first-order valence-corrected chi connectivity index (χ1v) is 10.2. The van der Waals surface area contributed by atoms with Gasteiger partial charge in [-0.1, -0.05) is 42.5 Å². The maximum absolute atomic E-state index is 12.6. The van der Waals surface area contributed by atoms with Crippen molar-refractivity contribution >= 4 is 30.3 Å². The van der Waals surface area contributed by atoms with Gasteiger partial charge in [-0.3, -0.25) is 4.79 Å². The van der Waals surface area contributed by atoms with Crippen LogP contribution >= 0.6 is 12.4 Å². The summed E-state index contributed by atoms with van der Waals surface area (Å²) in [6.45, 7) is 0.643. The van der Waals surface area contributed by atoms with Gasteiger partial charge in [0.1, 0.15) is 0 Å². The maximum Gasteiger partial charge on any atom is 0.343 e. The van der Waals surface area contributed by atoms with Crippen molar-refractivity contribution < 1.29 is 23.9 Å². The van der Waals surface area contributed by atoms with Gasteiger partial charge in [-0.15, -0.1) is 12.4 Å². The number of benzene rings is 3. The van der Waals surface area contributed by atoms with Crippen LogP contribution in [0.5, 0.6) is 11.5 Å². The molecule has 0 aliphatic rings. The molecule has 3 aromatic rings. The van der Waals surface area contributed by atoms with Gasteiger partial charge in [-0.2, -0.15) is 0 Å². The SMILES string of the molecule is CNCC(=O)NCCc1ccc(OC(=O)c2ccccc2)c(OC(=O)c2ccccc2)c1.Cl. The van der Waals surface area contributed by atoms with Crippen molar-refractivity contribution in [2.45, 2.75) is 6.42 Å². The minimum atomic E-state index is -0.568. The van der Waals surface area contributed by atoms with E-state index in [4.69, 9.17) is 9.47 Å². The van der Waals surface area contributed by atoms with Crippen LogP contribution in [-0.2, 0) is 11.2 Å². The highest BCUT2D eigenvalue weighted by atomic mass is 35.5. The molecule has 0 aliphatic heterocycles. The highest BCUT2D eigenvalue weighted by Crippen LogP contribution is 2.30. The molecule has 0 saturated heterocycles. The van der Waals surface area contributed by atoms with Crippen LogP contribution in [0.1, 0.15) is 26.3 Å². The van der Waals surface area contributed by atoms with Crippen molar-refractivity contribution in [2.24, 2.45) is 0 Å². The molecule has 33 heavy (non-hydrogen) atoms. The van der Waals surface area contributed by atoms with Crippen molar-refractivity contribution in [1.29, 1.82) is 0 Å². The zero-order valence-corrected chi connectivity index (χ0v) is 18.9. The van der Waals surface area contributed by atoms with Gasteiger partial charge in [0.05, 0.1) is 17.7 Å². The predicted molar refractivity (Wildman–Crippen MR) is 127 cm³/mol. The average Bonchev–Trinajstić information content (AvgIpc) is 2.82. The molecule has 7 nitrogen and oxygen atoms in total. The fourth-order valence-corrected chi connectivity index (χ4v) is 2.91. The van der Waals surface area contributed by atoms with E-state index in [2.05, 4.69) is 10.6 Å². The monoisotopic (exact) mass is 468 g/mol. The van der Waals surface area contributed by atoms with Crippen LogP contribution in [0.15, 0.2) is 78.9 Å². The molecule has 0 heterocycles. The Bertz CT molecular complexity index is 1070. The number of halogens is 1. The van der Waals surface area contributed by atoms with Gasteiger partial charge >= 0.3 is 11.9 Å². The van der Waals surface area contributed by atoms with Crippen molar-refractivity contribution in [1.82, 2.24) is 10.6 Å². The lowest BCUT2D eigenvalue weighted by molar-refractivity contribution is -0.120. The number of amides is 1.